The summed E-state index contributed by atoms with van der Waals surface area (Å²) < 4.78 is 0. The van der Waals surface area contributed by atoms with E-state index in [2.05, 4.69) is 78.0 Å². The smallest absolute Gasteiger partial charge is 0.0213 e. The minimum Gasteiger partial charge on any atom is -0.484 e. The molecule has 28 heavy (non-hydrogen) atoms. The summed E-state index contributed by atoms with van der Waals surface area (Å²) >= 11 is 0. The Labute approximate surface area is 215 Å². The fourth-order valence-corrected chi connectivity index (χ4v) is 0.581. The Morgan fingerprint density at radius 1 is 0.857 bits per heavy atom. The molecule has 1 aromatic rings. The van der Waals surface area contributed by atoms with Gasteiger partial charge in [0, 0.05) is 35.7 Å². The van der Waals surface area contributed by atoms with Gasteiger partial charge in [0.1, 0.15) is 0 Å². The average molecular weight is 529 g/mol. The van der Waals surface area contributed by atoms with Crippen LogP contribution in [0.5, 0.6) is 0 Å². The van der Waals surface area contributed by atoms with E-state index in [1.54, 1.807) is 0 Å². The maximum atomic E-state index is 2.99. The van der Waals surface area contributed by atoms with Gasteiger partial charge in [-0.25, -0.2) is 12.2 Å². The van der Waals surface area contributed by atoms with E-state index in [0.29, 0.717) is 0 Å². The van der Waals surface area contributed by atoms with E-state index < -0.39 is 0 Å². The maximum Gasteiger partial charge on any atom is 0.0213 e. The van der Waals surface area contributed by atoms with Crippen LogP contribution in [0, 0.1) is 53.8 Å². The Bertz CT molecular complexity index is 263. The molecule has 1 heterocycles. The molecule has 0 aromatic carbocycles. The second-order valence-electron chi connectivity index (χ2n) is 5.39. The SMILES string of the molecule is C[C-](C)C.C[C-](C)C.C[SiH]C.Cl.Cl.[C-]1=CC=CC1.[CH3-].[CH3-].[CH3-].[CH3-].[Zr].[c-]1ccc[nH]1. The number of hydrogen-bond donors (Lipinski definition) is 1. The van der Waals surface area contributed by atoms with E-state index in [1.165, 1.54) is 11.8 Å². The van der Waals surface area contributed by atoms with Crippen molar-refractivity contribution in [2.75, 3.05) is 0 Å². The Balaban J connectivity index is -0.0000000172. The van der Waals surface area contributed by atoms with Crippen molar-refractivity contribution in [1.82, 2.24) is 4.98 Å². The Morgan fingerprint density at radius 2 is 1.21 bits per heavy atom. The van der Waals surface area contributed by atoms with E-state index in [-0.39, 0.29) is 80.7 Å². The van der Waals surface area contributed by atoms with Crippen LogP contribution < -0.4 is 0 Å². The van der Waals surface area contributed by atoms with E-state index in [4.69, 9.17) is 0 Å². The van der Waals surface area contributed by atoms with E-state index in [1.807, 2.05) is 30.5 Å². The van der Waals surface area contributed by atoms with Crippen LogP contribution in [0.4, 0.5) is 0 Å². The van der Waals surface area contributed by atoms with E-state index in [9.17, 15) is 0 Å². The van der Waals surface area contributed by atoms with Gasteiger partial charge in [0.05, 0.1) is 0 Å². The average Bonchev–Trinajstić information content (AvgIpc) is 3.08. The van der Waals surface area contributed by atoms with Crippen LogP contribution in [-0.2, 0) is 26.2 Å². The molecule has 0 aliphatic heterocycles. The number of H-pyrrole nitrogens is 1. The van der Waals surface area contributed by atoms with Crippen molar-refractivity contribution in [1.29, 1.82) is 0 Å². The molecule has 1 radical (unpaired) electrons. The van der Waals surface area contributed by atoms with Gasteiger partial charge in [-0.3, -0.25) is 6.08 Å². The molecule has 0 saturated carbocycles. The van der Waals surface area contributed by atoms with Gasteiger partial charge in [-0.1, -0.05) is 13.1 Å². The first-order chi connectivity index (χ1) is 9.88. The third-order valence-electron chi connectivity index (χ3n) is 1.03. The number of aromatic amines is 1. The molecule has 0 amide bonds. The molecule has 2 rings (SSSR count). The first-order valence-electron chi connectivity index (χ1n) is 7.37. The minimum atomic E-state index is 0. The molecular formula is C23H48Cl2NSiZr-8. The molecular weight excluding hydrogens is 480 g/mol. The summed E-state index contributed by atoms with van der Waals surface area (Å²) in [5.41, 5.74) is 0. The van der Waals surface area contributed by atoms with Crippen molar-refractivity contribution >= 4 is 34.3 Å². The first kappa shape index (κ1) is 63.0. The fourth-order valence-electron chi connectivity index (χ4n) is 0.581. The second kappa shape index (κ2) is 63.1. The van der Waals surface area contributed by atoms with Gasteiger partial charge in [0.15, 0.2) is 0 Å². The molecule has 1 aromatic heterocycles. The predicted molar refractivity (Wildman–Crippen MR) is 141 cm³/mol. The summed E-state index contributed by atoms with van der Waals surface area (Å²) in [6.45, 7) is 16.9. The van der Waals surface area contributed by atoms with E-state index in [0.717, 1.165) is 15.9 Å². The van der Waals surface area contributed by atoms with Crippen LogP contribution in [-0.4, -0.2) is 14.5 Å². The number of rotatable bonds is 0. The van der Waals surface area contributed by atoms with Gasteiger partial charge < -0.3 is 46.5 Å². The summed E-state index contributed by atoms with van der Waals surface area (Å²) in [6, 6.07) is 3.71. The molecule has 175 valence electrons. The zero-order valence-corrected chi connectivity index (χ0v) is 25.8. The second-order valence-corrected chi connectivity index (χ2v) is 6.55. The van der Waals surface area contributed by atoms with Crippen molar-refractivity contribution in [2.24, 2.45) is 0 Å². The molecule has 1 aliphatic carbocycles. The summed E-state index contributed by atoms with van der Waals surface area (Å²) in [5.74, 6) is 2.83. The predicted octanol–water partition coefficient (Wildman–Crippen LogP) is 8.52. The van der Waals surface area contributed by atoms with Crippen LogP contribution in [0.1, 0.15) is 48.0 Å². The quantitative estimate of drug-likeness (QED) is 0.257. The van der Waals surface area contributed by atoms with Gasteiger partial charge in [0.2, 0.25) is 0 Å². The summed E-state index contributed by atoms with van der Waals surface area (Å²) in [4.78, 5) is 2.74. The third kappa shape index (κ3) is 157. The van der Waals surface area contributed by atoms with Crippen molar-refractivity contribution in [3.8, 4) is 0 Å². The van der Waals surface area contributed by atoms with Crippen LogP contribution in [0.2, 0.25) is 13.1 Å². The Kier molecular flexibility index (Phi) is 142. The molecule has 0 spiro atoms. The third-order valence-corrected chi connectivity index (χ3v) is 1.03. The standard InChI is InChI=1S/C5H5.C4H4N.2C4H9.C2H7Si.4CH3.2ClH.Zr/c2*1-2-4-5-3-1;2*1-4(2)3;1-3-2;;;;;;;/h1-3H,4H2;1-3,5H;2*1-3H3;3H,1-2H3;4*1H3;2*1H;/q4*-1;;4*-1;;;. The van der Waals surface area contributed by atoms with Gasteiger partial charge in [-0.05, 0) is 0 Å². The van der Waals surface area contributed by atoms with Gasteiger partial charge in [-0.2, -0.15) is 65.9 Å². The van der Waals surface area contributed by atoms with Crippen molar-refractivity contribution in [2.45, 2.75) is 61.1 Å². The minimum absolute atomic E-state index is 0. The van der Waals surface area contributed by atoms with Crippen LogP contribution in [0.15, 0.2) is 36.6 Å². The Morgan fingerprint density at radius 3 is 1.29 bits per heavy atom. The van der Waals surface area contributed by atoms with Crippen LogP contribution >= 0.6 is 24.8 Å². The zero-order valence-electron chi connectivity index (χ0n) is 20.6. The van der Waals surface area contributed by atoms with Crippen LogP contribution in [0.3, 0.4) is 0 Å². The topological polar surface area (TPSA) is 15.8 Å². The molecule has 0 saturated heterocycles. The molecule has 1 N–H and O–H groups in total. The zero-order chi connectivity index (χ0) is 16.9. The monoisotopic (exact) mass is 526 g/mol. The number of halogens is 2. The molecule has 1 nitrogen and oxygen atoms in total. The van der Waals surface area contributed by atoms with E-state index >= 15 is 0 Å². The molecule has 0 unspecified atom stereocenters. The molecule has 5 heteroatoms. The molecule has 0 fully saturated rings. The van der Waals surface area contributed by atoms with Crippen molar-refractivity contribution in [3.05, 3.63) is 90.4 Å². The maximum absolute atomic E-state index is 2.99. The number of allylic oxidation sites excluding steroid dienone is 4. The summed E-state index contributed by atoms with van der Waals surface area (Å²) in [6.07, 6.45) is 14.6. The first-order valence-corrected chi connectivity index (χ1v) is 9.68. The number of nitrogens with one attached hydrogen (secondary N) is 1. The van der Waals surface area contributed by atoms with Crippen molar-refractivity contribution in [3.63, 3.8) is 0 Å². The Hall–Kier alpha value is 0.440. The summed E-state index contributed by atoms with van der Waals surface area (Å²) in [7, 11) is 0.750. The normalized spacial score (nSPS) is 7.79. The largest absolute Gasteiger partial charge is 0.484 e. The van der Waals surface area contributed by atoms with Gasteiger partial charge in [0.25, 0.3) is 0 Å². The van der Waals surface area contributed by atoms with Gasteiger partial charge >= 0.3 is 0 Å². The summed E-state index contributed by atoms with van der Waals surface area (Å²) in [5, 5.41) is 0. The fraction of sp³-hybridized carbons (Fsp3) is 0.391. The molecule has 1 aliphatic rings. The van der Waals surface area contributed by atoms with Gasteiger partial charge in [-0.15, -0.1) is 37.4 Å². The van der Waals surface area contributed by atoms with Crippen molar-refractivity contribution < 1.29 is 26.2 Å². The number of aromatic nitrogens is 1. The van der Waals surface area contributed by atoms with Crippen LogP contribution in [0.25, 0.3) is 0 Å². The number of hydrogen-bond acceptors (Lipinski definition) is 0. The molecule has 0 atom stereocenters. The molecule has 0 bridgehead atoms.